The summed E-state index contributed by atoms with van der Waals surface area (Å²) in [6.45, 7) is 6.99. The first-order chi connectivity index (χ1) is 14.8. The Hall–Kier alpha value is -2.42. The van der Waals surface area contributed by atoms with Gasteiger partial charge in [-0.05, 0) is 37.1 Å². The molecule has 2 aromatic rings. The predicted molar refractivity (Wildman–Crippen MR) is 115 cm³/mol. The van der Waals surface area contributed by atoms with Crippen LogP contribution in [0.3, 0.4) is 0 Å². The smallest absolute Gasteiger partial charge is 0.340 e. The summed E-state index contributed by atoms with van der Waals surface area (Å²) in [6, 6.07) is 4.40. The lowest BCUT2D eigenvalue weighted by Gasteiger charge is -2.34. The number of ether oxygens (including phenoxy) is 2. The molecule has 1 aromatic carbocycles. The van der Waals surface area contributed by atoms with E-state index in [0.717, 1.165) is 5.56 Å². The Bertz CT molecular complexity index is 954. The van der Waals surface area contributed by atoms with Gasteiger partial charge in [-0.2, -0.15) is 0 Å². The van der Waals surface area contributed by atoms with Gasteiger partial charge < -0.3 is 19.4 Å². The molecule has 0 spiro atoms. The maximum Gasteiger partial charge on any atom is 0.340 e. The summed E-state index contributed by atoms with van der Waals surface area (Å²) in [4.78, 5) is 32.4. The number of aromatic amines is 1. The minimum Gasteiger partial charge on any atom is -0.460 e. The molecule has 0 bridgehead atoms. The Labute approximate surface area is 186 Å². The van der Waals surface area contributed by atoms with Gasteiger partial charge in [-0.3, -0.25) is 9.69 Å². The Balaban J connectivity index is 1.61. The number of halogens is 2. The van der Waals surface area contributed by atoms with Crippen LogP contribution in [-0.4, -0.2) is 73.2 Å². The van der Waals surface area contributed by atoms with E-state index in [0.29, 0.717) is 66.9 Å². The number of aryl methyl sites for hydroxylation is 1. The zero-order chi connectivity index (χ0) is 22.5. The molecule has 168 valence electrons. The molecule has 1 aliphatic heterocycles. The molecule has 1 fully saturated rings. The molecule has 1 saturated heterocycles. The van der Waals surface area contributed by atoms with E-state index in [1.54, 1.807) is 24.8 Å². The van der Waals surface area contributed by atoms with E-state index < -0.39 is 5.97 Å². The largest absolute Gasteiger partial charge is 0.460 e. The lowest BCUT2D eigenvalue weighted by atomic mass is 10.1. The van der Waals surface area contributed by atoms with Gasteiger partial charge in [0.1, 0.15) is 18.1 Å². The van der Waals surface area contributed by atoms with E-state index >= 15 is 0 Å². The lowest BCUT2D eigenvalue weighted by Crippen LogP contribution is -2.48. The zero-order valence-corrected chi connectivity index (χ0v) is 18.7. The highest BCUT2D eigenvalue weighted by Gasteiger charge is 2.28. The number of carbonyl (C=O) groups excluding carboxylic acids is 2. The van der Waals surface area contributed by atoms with Crippen LogP contribution >= 0.6 is 11.6 Å². The molecular formula is C22H27ClFN3O4. The van der Waals surface area contributed by atoms with Crippen LogP contribution in [0.25, 0.3) is 0 Å². The molecule has 31 heavy (non-hydrogen) atoms. The molecule has 0 aliphatic carbocycles. The number of rotatable bonds is 7. The van der Waals surface area contributed by atoms with Crippen molar-refractivity contribution < 1.29 is 23.5 Å². The Kier molecular flexibility index (Phi) is 7.69. The highest BCUT2D eigenvalue weighted by Crippen LogP contribution is 2.23. The monoisotopic (exact) mass is 451 g/mol. The minimum absolute atomic E-state index is 0.143. The number of piperazine rings is 1. The molecule has 2 heterocycles. The van der Waals surface area contributed by atoms with Crippen molar-refractivity contribution in [3.63, 3.8) is 0 Å². The van der Waals surface area contributed by atoms with Gasteiger partial charge in [-0.15, -0.1) is 0 Å². The van der Waals surface area contributed by atoms with Crippen LogP contribution < -0.4 is 0 Å². The van der Waals surface area contributed by atoms with Crippen molar-refractivity contribution in [2.24, 2.45) is 0 Å². The summed E-state index contributed by atoms with van der Waals surface area (Å²) in [5, 5.41) is 0.404. The fourth-order valence-corrected chi connectivity index (χ4v) is 3.94. The fraction of sp³-hybridized carbons (Fsp3) is 0.455. The Morgan fingerprint density at radius 2 is 1.87 bits per heavy atom. The molecule has 1 N–H and O–H groups in total. The quantitative estimate of drug-likeness (QED) is 0.517. The SMILES string of the molecule is COCCOC(=O)c1c(C)[nH]c(C(=O)N2CCN(Cc3ccc(F)cc3Cl)CC2)c1C. The van der Waals surface area contributed by atoms with Gasteiger partial charge in [0.25, 0.3) is 5.91 Å². The summed E-state index contributed by atoms with van der Waals surface area (Å²) >= 11 is 6.13. The second-order valence-corrected chi connectivity index (χ2v) is 7.96. The first-order valence-corrected chi connectivity index (χ1v) is 10.5. The number of H-pyrrole nitrogens is 1. The molecule has 0 atom stereocenters. The lowest BCUT2D eigenvalue weighted by molar-refractivity contribution is 0.0387. The third kappa shape index (κ3) is 5.44. The third-order valence-corrected chi connectivity index (χ3v) is 5.80. The van der Waals surface area contributed by atoms with E-state index in [4.69, 9.17) is 21.1 Å². The molecular weight excluding hydrogens is 425 g/mol. The molecule has 0 radical (unpaired) electrons. The van der Waals surface area contributed by atoms with Gasteiger partial charge >= 0.3 is 5.97 Å². The Morgan fingerprint density at radius 3 is 2.52 bits per heavy atom. The van der Waals surface area contributed by atoms with Gasteiger partial charge in [0, 0.05) is 50.6 Å². The van der Waals surface area contributed by atoms with Crippen molar-refractivity contribution in [2.45, 2.75) is 20.4 Å². The second kappa shape index (κ2) is 10.3. The number of carbonyl (C=O) groups is 2. The van der Waals surface area contributed by atoms with E-state index in [1.807, 2.05) is 0 Å². The van der Waals surface area contributed by atoms with Gasteiger partial charge in [-0.1, -0.05) is 17.7 Å². The van der Waals surface area contributed by atoms with E-state index in [9.17, 15) is 14.0 Å². The summed E-state index contributed by atoms with van der Waals surface area (Å²) in [7, 11) is 1.53. The minimum atomic E-state index is -0.469. The van der Waals surface area contributed by atoms with Gasteiger partial charge in [0.05, 0.1) is 12.2 Å². The van der Waals surface area contributed by atoms with Gasteiger partial charge in [0.15, 0.2) is 0 Å². The Morgan fingerprint density at radius 1 is 1.16 bits per heavy atom. The number of aromatic nitrogens is 1. The summed E-state index contributed by atoms with van der Waals surface area (Å²) in [6.07, 6.45) is 0. The van der Waals surface area contributed by atoms with Crippen molar-refractivity contribution >= 4 is 23.5 Å². The van der Waals surface area contributed by atoms with Crippen molar-refractivity contribution in [3.8, 4) is 0 Å². The van der Waals surface area contributed by atoms with E-state index in [1.165, 1.54) is 19.2 Å². The summed E-state index contributed by atoms with van der Waals surface area (Å²) < 4.78 is 23.3. The first-order valence-electron chi connectivity index (χ1n) is 10.1. The van der Waals surface area contributed by atoms with E-state index in [2.05, 4.69) is 9.88 Å². The van der Waals surface area contributed by atoms with Crippen molar-refractivity contribution in [3.05, 3.63) is 57.1 Å². The highest BCUT2D eigenvalue weighted by molar-refractivity contribution is 6.31. The third-order valence-electron chi connectivity index (χ3n) is 5.44. The fourth-order valence-electron chi connectivity index (χ4n) is 3.72. The van der Waals surface area contributed by atoms with Crippen LogP contribution in [0.2, 0.25) is 5.02 Å². The topological polar surface area (TPSA) is 74.9 Å². The standard InChI is InChI=1S/C22H27ClFN3O4/c1-14-19(22(29)31-11-10-30-3)15(2)25-20(14)21(28)27-8-6-26(7-9-27)13-16-4-5-17(24)12-18(16)23/h4-5,12,25H,6-11,13H2,1-3H3. The number of esters is 1. The van der Waals surface area contributed by atoms with Crippen LogP contribution in [0.5, 0.6) is 0 Å². The number of hydrogen-bond acceptors (Lipinski definition) is 5. The van der Waals surface area contributed by atoms with Crippen LogP contribution in [0.4, 0.5) is 4.39 Å². The number of amides is 1. The predicted octanol–water partition coefficient (Wildman–Crippen LogP) is 3.19. The number of nitrogens with zero attached hydrogens (tertiary/aromatic N) is 2. The van der Waals surface area contributed by atoms with Crippen LogP contribution in [0, 0.1) is 19.7 Å². The molecule has 9 heteroatoms. The van der Waals surface area contributed by atoms with Crippen LogP contribution in [0.1, 0.15) is 37.7 Å². The number of nitrogens with one attached hydrogen (secondary N) is 1. The van der Waals surface area contributed by atoms with Crippen LogP contribution in [0.15, 0.2) is 18.2 Å². The molecule has 0 unspecified atom stereocenters. The number of benzene rings is 1. The maximum absolute atomic E-state index is 13.2. The van der Waals surface area contributed by atoms with Crippen molar-refractivity contribution in [1.82, 2.24) is 14.8 Å². The average molecular weight is 452 g/mol. The van der Waals surface area contributed by atoms with Crippen LogP contribution in [-0.2, 0) is 16.0 Å². The molecule has 0 saturated carbocycles. The first kappa shape index (κ1) is 23.2. The molecule has 1 aromatic heterocycles. The molecule has 1 aliphatic rings. The molecule has 3 rings (SSSR count). The van der Waals surface area contributed by atoms with E-state index in [-0.39, 0.29) is 18.3 Å². The maximum atomic E-state index is 13.2. The van der Waals surface area contributed by atoms with Gasteiger partial charge in [0.2, 0.25) is 0 Å². The second-order valence-electron chi connectivity index (χ2n) is 7.56. The molecule has 7 nitrogen and oxygen atoms in total. The number of hydrogen-bond donors (Lipinski definition) is 1. The number of methoxy groups -OCH3 is 1. The molecule has 1 amide bonds. The van der Waals surface area contributed by atoms with Crippen molar-refractivity contribution in [2.75, 3.05) is 46.5 Å². The van der Waals surface area contributed by atoms with Gasteiger partial charge in [-0.25, -0.2) is 9.18 Å². The zero-order valence-electron chi connectivity index (χ0n) is 18.0. The summed E-state index contributed by atoms with van der Waals surface area (Å²) in [5.74, 6) is -0.970. The highest BCUT2D eigenvalue weighted by atomic mass is 35.5. The normalized spacial score (nSPS) is 14.7. The van der Waals surface area contributed by atoms with Crippen molar-refractivity contribution in [1.29, 1.82) is 0 Å². The average Bonchev–Trinajstić information content (AvgIpc) is 3.04. The summed E-state index contributed by atoms with van der Waals surface area (Å²) in [5.41, 5.74) is 2.85.